The summed E-state index contributed by atoms with van der Waals surface area (Å²) < 4.78 is 0. The molecule has 0 saturated heterocycles. The van der Waals surface area contributed by atoms with E-state index in [0.29, 0.717) is 5.41 Å². The first kappa shape index (κ1) is 7.80. The molecule has 2 N–H and O–H groups in total. The maximum Gasteiger partial charge on any atom is -0.00204 e. The van der Waals surface area contributed by atoms with Crippen LogP contribution in [0.4, 0.5) is 0 Å². The van der Waals surface area contributed by atoms with E-state index in [1.165, 1.54) is 25.7 Å². The number of nitrogens with two attached hydrogens (primary N) is 1. The van der Waals surface area contributed by atoms with Crippen LogP contribution in [0.15, 0.2) is 12.7 Å². The summed E-state index contributed by atoms with van der Waals surface area (Å²) in [5.41, 5.74) is 6.20. The molecule has 0 heterocycles. The quantitative estimate of drug-likeness (QED) is 0.593. The van der Waals surface area contributed by atoms with Gasteiger partial charge in [0.05, 0.1) is 0 Å². The summed E-state index contributed by atoms with van der Waals surface area (Å²) >= 11 is 0. The number of hydrogen-bond acceptors (Lipinski definition) is 1. The lowest BCUT2D eigenvalue weighted by molar-refractivity contribution is 0.132. The summed E-state index contributed by atoms with van der Waals surface area (Å²) in [6, 6.07) is 0. The maximum atomic E-state index is 5.68. The van der Waals surface area contributed by atoms with Crippen LogP contribution in [0.5, 0.6) is 0 Å². The van der Waals surface area contributed by atoms with E-state index < -0.39 is 0 Å². The van der Waals surface area contributed by atoms with Crippen molar-refractivity contribution in [1.82, 2.24) is 0 Å². The summed E-state index contributed by atoms with van der Waals surface area (Å²) in [7, 11) is 0. The highest BCUT2D eigenvalue weighted by molar-refractivity contribution is 4.90. The monoisotopic (exact) mass is 139 g/mol. The van der Waals surface area contributed by atoms with Gasteiger partial charge in [-0.2, -0.15) is 0 Å². The molecule has 1 fully saturated rings. The SMILES string of the molecule is C=CCCC1(CN)CCC1. The molecular formula is C9H17N. The van der Waals surface area contributed by atoms with Crippen LogP contribution >= 0.6 is 0 Å². The Labute approximate surface area is 63.3 Å². The van der Waals surface area contributed by atoms with E-state index in [2.05, 4.69) is 6.58 Å². The van der Waals surface area contributed by atoms with Crippen molar-refractivity contribution in [2.75, 3.05) is 6.54 Å². The molecule has 0 radical (unpaired) electrons. The van der Waals surface area contributed by atoms with E-state index in [4.69, 9.17) is 5.73 Å². The minimum Gasteiger partial charge on any atom is -0.330 e. The van der Waals surface area contributed by atoms with Gasteiger partial charge in [-0.05, 0) is 37.6 Å². The van der Waals surface area contributed by atoms with Crippen molar-refractivity contribution in [2.24, 2.45) is 11.1 Å². The van der Waals surface area contributed by atoms with Crippen LogP contribution < -0.4 is 5.73 Å². The lowest BCUT2D eigenvalue weighted by Gasteiger charge is -2.40. The fourth-order valence-corrected chi connectivity index (χ4v) is 1.64. The molecule has 1 saturated carbocycles. The van der Waals surface area contributed by atoms with Gasteiger partial charge in [0, 0.05) is 0 Å². The van der Waals surface area contributed by atoms with Crippen molar-refractivity contribution in [3.8, 4) is 0 Å². The second-order valence-electron chi connectivity index (χ2n) is 3.39. The van der Waals surface area contributed by atoms with Gasteiger partial charge < -0.3 is 5.73 Å². The van der Waals surface area contributed by atoms with Gasteiger partial charge in [0.15, 0.2) is 0 Å². The molecule has 0 spiro atoms. The molecule has 0 bridgehead atoms. The van der Waals surface area contributed by atoms with E-state index in [-0.39, 0.29) is 0 Å². The Morgan fingerprint density at radius 3 is 2.50 bits per heavy atom. The van der Waals surface area contributed by atoms with E-state index in [0.717, 1.165) is 13.0 Å². The Bertz CT molecular complexity index is 108. The first-order valence-electron chi connectivity index (χ1n) is 4.14. The second kappa shape index (κ2) is 3.20. The Balaban J connectivity index is 2.26. The average molecular weight is 139 g/mol. The van der Waals surface area contributed by atoms with E-state index in [9.17, 15) is 0 Å². The zero-order valence-electron chi connectivity index (χ0n) is 6.60. The molecule has 0 aromatic carbocycles. The lowest BCUT2D eigenvalue weighted by atomic mass is 9.66. The average Bonchev–Trinajstić information content (AvgIpc) is 1.87. The van der Waals surface area contributed by atoms with Crippen LogP contribution in [0.25, 0.3) is 0 Å². The van der Waals surface area contributed by atoms with Crippen LogP contribution in [-0.4, -0.2) is 6.54 Å². The Morgan fingerprint density at radius 1 is 1.50 bits per heavy atom. The second-order valence-corrected chi connectivity index (χ2v) is 3.39. The van der Waals surface area contributed by atoms with Crippen LogP contribution in [0.1, 0.15) is 32.1 Å². The van der Waals surface area contributed by atoms with Gasteiger partial charge in [0.1, 0.15) is 0 Å². The first-order valence-corrected chi connectivity index (χ1v) is 4.14. The Kier molecular flexibility index (Phi) is 2.50. The van der Waals surface area contributed by atoms with Crippen molar-refractivity contribution >= 4 is 0 Å². The summed E-state index contributed by atoms with van der Waals surface area (Å²) in [5, 5.41) is 0. The van der Waals surface area contributed by atoms with Gasteiger partial charge >= 0.3 is 0 Å². The fraction of sp³-hybridized carbons (Fsp3) is 0.778. The number of hydrogen-bond donors (Lipinski definition) is 1. The molecule has 0 unspecified atom stereocenters. The highest BCUT2D eigenvalue weighted by Gasteiger charge is 2.34. The lowest BCUT2D eigenvalue weighted by Crippen LogP contribution is -2.36. The minimum atomic E-state index is 0.522. The van der Waals surface area contributed by atoms with Crippen LogP contribution in [0.3, 0.4) is 0 Å². The molecule has 0 amide bonds. The molecular weight excluding hydrogens is 122 g/mol. The van der Waals surface area contributed by atoms with Crippen molar-refractivity contribution in [2.45, 2.75) is 32.1 Å². The molecule has 0 aliphatic heterocycles. The summed E-state index contributed by atoms with van der Waals surface area (Å²) in [6.07, 6.45) is 8.46. The van der Waals surface area contributed by atoms with Crippen molar-refractivity contribution < 1.29 is 0 Å². The van der Waals surface area contributed by atoms with Gasteiger partial charge in [0.2, 0.25) is 0 Å². The predicted octanol–water partition coefficient (Wildman–Crippen LogP) is 2.08. The topological polar surface area (TPSA) is 26.0 Å². The van der Waals surface area contributed by atoms with Crippen LogP contribution in [-0.2, 0) is 0 Å². The van der Waals surface area contributed by atoms with Crippen LogP contribution in [0.2, 0.25) is 0 Å². The third-order valence-electron chi connectivity index (χ3n) is 2.73. The summed E-state index contributed by atoms with van der Waals surface area (Å²) in [5.74, 6) is 0. The number of rotatable bonds is 4. The predicted molar refractivity (Wildman–Crippen MR) is 44.8 cm³/mol. The number of allylic oxidation sites excluding steroid dienone is 1. The van der Waals surface area contributed by atoms with Gasteiger partial charge in [-0.25, -0.2) is 0 Å². The van der Waals surface area contributed by atoms with E-state index in [1.807, 2.05) is 6.08 Å². The van der Waals surface area contributed by atoms with Crippen LogP contribution in [0, 0.1) is 5.41 Å². The normalized spacial score (nSPS) is 21.7. The molecule has 58 valence electrons. The molecule has 0 atom stereocenters. The van der Waals surface area contributed by atoms with Gasteiger partial charge in [-0.3, -0.25) is 0 Å². The van der Waals surface area contributed by atoms with Crippen molar-refractivity contribution in [3.05, 3.63) is 12.7 Å². The summed E-state index contributed by atoms with van der Waals surface area (Å²) in [6.45, 7) is 4.59. The molecule has 0 aromatic rings. The third-order valence-corrected chi connectivity index (χ3v) is 2.73. The zero-order chi connectivity index (χ0) is 7.45. The Morgan fingerprint density at radius 2 is 2.20 bits per heavy atom. The molecule has 1 heteroatoms. The van der Waals surface area contributed by atoms with Gasteiger partial charge in [0.25, 0.3) is 0 Å². The highest BCUT2D eigenvalue weighted by atomic mass is 14.6. The molecule has 1 aliphatic rings. The Hall–Kier alpha value is -0.300. The largest absolute Gasteiger partial charge is 0.330 e. The van der Waals surface area contributed by atoms with Crippen molar-refractivity contribution in [3.63, 3.8) is 0 Å². The zero-order valence-corrected chi connectivity index (χ0v) is 6.60. The van der Waals surface area contributed by atoms with Gasteiger partial charge in [-0.15, -0.1) is 6.58 Å². The van der Waals surface area contributed by atoms with E-state index in [1.54, 1.807) is 0 Å². The van der Waals surface area contributed by atoms with E-state index >= 15 is 0 Å². The fourth-order valence-electron chi connectivity index (χ4n) is 1.64. The van der Waals surface area contributed by atoms with Gasteiger partial charge in [-0.1, -0.05) is 12.5 Å². The molecule has 0 aromatic heterocycles. The minimum absolute atomic E-state index is 0.522. The highest BCUT2D eigenvalue weighted by Crippen LogP contribution is 2.43. The summed E-state index contributed by atoms with van der Waals surface area (Å²) in [4.78, 5) is 0. The third kappa shape index (κ3) is 1.40. The smallest absolute Gasteiger partial charge is 0.00204 e. The standard InChI is InChI=1S/C9H17N/c1-2-3-5-9(8-10)6-4-7-9/h2H,1,3-8,10H2. The first-order chi connectivity index (χ1) is 4.83. The molecule has 1 rings (SSSR count). The molecule has 10 heavy (non-hydrogen) atoms. The maximum absolute atomic E-state index is 5.68. The van der Waals surface area contributed by atoms with Crippen molar-refractivity contribution in [1.29, 1.82) is 0 Å². The molecule has 1 aliphatic carbocycles. The molecule has 1 nitrogen and oxygen atoms in total.